The Balaban J connectivity index is 2.08. The molecule has 0 unspecified atom stereocenters. The minimum Gasteiger partial charge on any atom is -0.355 e. The van der Waals surface area contributed by atoms with E-state index in [0.29, 0.717) is 12.1 Å². The van der Waals surface area contributed by atoms with E-state index in [4.69, 9.17) is 0 Å². The molecule has 0 aliphatic carbocycles. The van der Waals surface area contributed by atoms with Crippen molar-refractivity contribution in [3.63, 3.8) is 0 Å². The lowest BCUT2D eigenvalue weighted by Crippen LogP contribution is -2.39. The number of imide groups is 1. The number of amides is 3. The van der Waals surface area contributed by atoms with Gasteiger partial charge in [0.25, 0.3) is 11.1 Å². The Kier molecular flexibility index (Phi) is 5.32. The number of benzene rings is 1. The van der Waals surface area contributed by atoms with Gasteiger partial charge in [-0.15, -0.1) is 0 Å². The summed E-state index contributed by atoms with van der Waals surface area (Å²) < 4.78 is 12.8. The molecule has 1 aliphatic heterocycles. The molecule has 3 amide bonds. The number of carbonyl (C=O) groups excluding carboxylic acids is 3. The van der Waals surface area contributed by atoms with E-state index in [1.807, 2.05) is 6.92 Å². The van der Waals surface area contributed by atoms with E-state index in [1.165, 1.54) is 30.3 Å². The molecule has 0 aromatic heterocycles. The molecule has 0 spiro atoms. The monoisotopic (exact) mass is 322 g/mol. The number of thioether (sulfide) groups is 1. The second-order valence-corrected chi connectivity index (χ2v) is 5.66. The zero-order chi connectivity index (χ0) is 16.1. The van der Waals surface area contributed by atoms with Crippen LogP contribution in [0.4, 0.5) is 9.18 Å². The summed E-state index contributed by atoms with van der Waals surface area (Å²) in [5, 5.41) is 2.13. The van der Waals surface area contributed by atoms with E-state index in [1.54, 1.807) is 0 Å². The van der Waals surface area contributed by atoms with Crippen molar-refractivity contribution in [2.45, 2.75) is 13.3 Å². The summed E-state index contributed by atoms with van der Waals surface area (Å²) in [6, 6.07) is 5.57. The summed E-state index contributed by atoms with van der Waals surface area (Å²) >= 11 is 0.771. The highest BCUT2D eigenvalue weighted by Gasteiger charge is 2.36. The fourth-order valence-corrected chi connectivity index (χ4v) is 2.65. The molecule has 7 heteroatoms. The molecule has 2 rings (SSSR count). The van der Waals surface area contributed by atoms with Crippen LogP contribution in [0.3, 0.4) is 0 Å². The number of halogens is 1. The molecule has 22 heavy (non-hydrogen) atoms. The van der Waals surface area contributed by atoms with E-state index in [-0.39, 0.29) is 23.2 Å². The first-order valence-corrected chi connectivity index (χ1v) is 7.60. The van der Waals surface area contributed by atoms with Crippen LogP contribution in [0.1, 0.15) is 18.9 Å². The highest BCUT2D eigenvalue weighted by molar-refractivity contribution is 8.18. The topological polar surface area (TPSA) is 66.5 Å². The van der Waals surface area contributed by atoms with Crippen LogP contribution in [0, 0.1) is 5.82 Å². The first-order chi connectivity index (χ1) is 10.5. The standard InChI is InChI=1S/C15H15FN2O3S/c1-2-7-17-13(19)9-18-14(20)12(22-15(18)21)8-10-3-5-11(16)6-4-10/h3-6,8H,2,7,9H2,1H3,(H,17,19)/b12-8-. The minimum atomic E-state index is -0.508. The number of rotatable bonds is 5. The lowest BCUT2D eigenvalue weighted by atomic mass is 10.2. The zero-order valence-corrected chi connectivity index (χ0v) is 12.8. The number of hydrogen-bond donors (Lipinski definition) is 1. The summed E-state index contributed by atoms with van der Waals surface area (Å²) in [5.74, 6) is -1.25. The summed E-state index contributed by atoms with van der Waals surface area (Å²) in [6.45, 7) is 2.12. The molecule has 1 aromatic rings. The average Bonchev–Trinajstić information content (AvgIpc) is 2.75. The van der Waals surface area contributed by atoms with Crippen molar-refractivity contribution in [2.75, 3.05) is 13.1 Å². The maximum Gasteiger partial charge on any atom is 0.294 e. The maximum absolute atomic E-state index is 12.8. The molecule has 0 radical (unpaired) electrons. The van der Waals surface area contributed by atoms with Gasteiger partial charge in [-0.1, -0.05) is 19.1 Å². The highest BCUT2D eigenvalue weighted by Crippen LogP contribution is 2.31. The Morgan fingerprint density at radius 2 is 2.00 bits per heavy atom. The van der Waals surface area contributed by atoms with Gasteiger partial charge >= 0.3 is 0 Å². The Morgan fingerprint density at radius 3 is 2.64 bits per heavy atom. The van der Waals surface area contributed by atoms with Crippen molar-refractivity contribution in [1.82, 2.24) is 10.2 Å². The second-order valence-electron chi connectivity index (χ2n) is 4.67. The van der Waals surface area contributed by atoms with Crippen LogP contribution in [0.15, 0.2) is 29.2 Å². The lowest BCUT2D eigenvalue weighted by molar-refractivity contribution is -0.129. The Bertz CT molecular complexity index is 628. The molecule has 1 aliphatic rings. The molecular weight excluding hydrogens is 307 g/mol. The van der Waals surface area contributed by atoms with Crippen molar-refractivity contribution in [3.05, 3.63) is 40.6 Å². The largest absolute Gasteiger partial charge is 0.355 e. The van der Waals surface area contributed by atoms with E-state index in [2.05, 4.69) is 5.32 Å². The first kappa shape index (κ1) is 16.2. The van der Waals surface area contributed by atoms with Crippen molar-refractivity contribution in [3.8, 4) is 0 Å². The third-order valence-corrected chi connectivity index (χ3v) is 3.82. The van der Waals surface area contributed by atoms with E-state index in [9.17, 15) is 18.8 Å². The summed E-state index contributed by atoms with van der Waals surface area (Å²) in [5.41, 5.74) is 0.613. The van der Waals surface area contributed by atoms with Gasteiger partial charge < -0.3 is 5.32 Å². The molecule has 1 N–H and O–H groups in total. The molecular formula is C15H15FN2O3S. The van der Waals surface area contributed by atoms with Gasteiger partial charge in [0, 0.05) is 6.54 Å². The predicted octanol–water partition coefficient (Wildman–Crippen LogP) is 2.39. The van der Waals surface area contributed by atoms with E-state index < -0.39 is 11.1 Å². The van der Waals surface area contributed by atoms with Crippen molar-refractivity contribution >= 4 is 34.9 Å². The smallest absolute Gasteiger partial charge is 0.294 e. The average molecular weight is 322 g/mol. The van der Waals surface area contributed by atoms with Gasteiger partial charge in [-0.2, -0.15) is 0 Å². The summed E-state index contributed by atoms with van der Waals surface area (Å²) in [7, 11) is 0. The quantitative estimate of drug-likeness (QED) is 0.845. The normalized spacial score (nSPS) is 16.5. The van der Waals surface area contributed by atoms with Crippen LogP contribution < -0.4 is 5.32 Å². The summed E-state index contributed by atoms with van der Waals surface area (Å²) in [6.07, 6.45) is 2.28. The van der Waals surface area contributed by atoms with Gasteiger partial charge in [0.05, 0.1) is 4.91 Å². The molecule has 5 nitrogen and oxygen atoms in total. The first-order valence-electron chi connectivity index (χ1n) is 6.79. The van der Waals surface area contributed by atoms with Gasteiger partial charge in [0.15, 0.2) is 0 Å². The molecule has 116 valence electrons. The van der Waals surface area contributed by atoms with Crippen LogP contribution in [0.25, 0.3) is 6.08 Å². The zero-order valence-electron chi connectivity index (χ0n) is 12.0. The number of hydrogen-bond acceptors (Lipinski definition) is 4. The van der Waals surface area contributed by atoms with Gasteiger partial charge in [-0.05, 0) is 42.0 Å². The van der Waals surface area contributed by atoms with E-state index in [0.717, 1.165) is 23.1 Å². The van der Waals surface area contributed by atoms with Crippen molar-refractivity contribution < 1.29 is 18.8 Å². The van der Waals surface area contributed by atoms with Gasteiger partial charge in [-0.25, -0.2) is 4.39 Å². The van der Waals surface area contributed by atoms with Crippen LogP contribution in [-0.2, 0) is 9.59 Å². The third kappa shape index (κ3) is 3.94. The van der Waals surface area contributed by atoms with Crippen molar-refractivity contribution in [2.24, 2.45) is 0 Å². The Labute approximate surface area is 131 Å². The fraction of sp³-hybridized carbons (Fsp3) is 0.267. The number of carbonyl (C=O) groups is 3. The molecule has 1 aromatic carbocycles. The third-order valence-electron chi connectivity index (χ3n) is 2.92. The molecule has 0 atom stereocenters. The van der Waals surface area contributed by atoms with Crippen LogP contribution >= 0.6 is 11.8 Å². The van der Waals surface area contributed by atoms with Crippen LogP contribution in [-0.4, -0.2) is 35.0 Å². The molecule has 0 saturated carbocycles. The summed E-state index contributed by atoms with van der Waals surface area (Å²) in [4.78, 5) is 36.7. The van der Waals surface area contributed by atoms with Gasteiger partial charge in [0.1, 0.15) is 12.4 Å². The van der Waals surface area contributed by atoms with E-state index >= 15 is 0 Å². The van der Waals surface area contributed by atoms with Gasteiger partial charge in [0.2, 0.25) is 5.91 Å². The maximum atomic E-state index is 12.8. The van der Waals surface area contributed by atoms with Crippen molar-refractivity contribution in [1.29, 1.82) is 0 Å². The molecule has 0 bridgehead atoms. The minimum absolute atomic E-state index is 0.222. The van der Waals surface area contributed by atoms with Crippen LogP contribution in [0.2, 0.25) is 0 Å². The molecule has 1 fully saturated rings. The predicted molar refractivity (Wildman–Crippen MR) is 82.4 cm³/mol. The second kappa shape index (κ2) is 7.22. The van der Waals surface area contributed by atoms with Gasteiger partial charge in [-0.3, -0.25) is 19.3 Å². The fourth-order valence-electron chi connectivity index (χ4n) is 1.81. The SMILES string of the molecule is CCCNC(=O)CN1C(=O)S/C(=C\c2ccc(F)cc2)C1=O. The van der Waals surface area contributed by atoms with Crippen LogP contribution in [0.5, 0.6) is 0 Å². The number of nitrogens with one attached hydrogen (secondary N) is 1. The Hall–Kier alpha value is -2.15. The molecule has 1 saturated heterocycles. The highest BCUT2D eigenvalue weighted by atomic mass is 32.2. The lowest BCUT2D eigenvalue weighted by Gasteiger charge is -2.11. The Morgan fingerprint density at radius 1 is 1.32 bits per heavy atom. The molecule has 1 heterocycles. The number of nitrogens with zero attached hydrogens (tertiary/aromatic N) is 1.